The van der Waals surface area contributed by atoms with Crippen LogP contribution in [0.15, 0.2) is 206 Å². The molecule has 7 aromatic carbocycles. The number of rotatable bonds is 6. The van der Waals surface area contributed by atoms with Crippen molar-refractivity contribution in [2.45, 2.75) is 5.92 Å². The second-order valence-electron chi connectivity index (χ2n) is 14.5. The first-order chi connectivity index (χ1) is 27.8. The van der Waals surface area contributed by atoms with Crippen molar-refractivity contribution < 1.29 is 0 Å². The lowest BCUT2D eigenvalue weighted by molar-refractivity contribution is 1.00. The predicted molar refractivity (Wildman–Crippen MR) is 231 cm³/mol. The molecular weight excluding hydrogens is 679 g/mol. The van der Waals surface area contributed by atoms with E-state index in [1.54, 1.807) is 0 Å². The number of nitrogens with zero attached hydrogens (tertiary/aromatic N) is 3. The summed E-state index contributed by atoms with van der Waals surface area (Å²) in [5.41, 5.74) is 18.0. The third kappa shape index (κ3) is 5.28. The molecule has 0 N–H and O–H groups in total. The standard InChI is InChI=1S/C53H35N3/c1-5-17-35(18-6-1)46-31-39(32-47(54-46)36-19-7-2-8-20-36)51-43-27-14-13-25-41(43)44-29-30-45-42-26-15-16-28-50(42)56(53(45)52(44)51)40-33-48(37-21-9-3-10-22-37)55-49(34-40)38-23-11-4-12-24-38/h1-34,51H. The van der Waals surface area contributed by atoms with Gasteiger partial charge in [0, 0.05) is 38.9 Å². The number of para-hydroxylation sites is 1. The molecule has 3 heterocycles. The summed E-state index contributed by atoms with van der Waals surface area (Å²) in [5.74, 6) is -0.0371. The Labute approximate surface area is 325 Å². The second-order valence-corrected chi connectivity index (χ2v) is 14.5. The van der Waals surface area contributed by atoms with Crippen molar-refractivity contribution in [3.05, 3.63) is 223 Å². The average molecular weight is 714 g/mol. The number of hydrogen-bond donors (Lipinski definition) is 0. The summed E-state index contributed by atoms with van der Waals surface area (Å²) in [7, 11) is 0. The quantitative estimate of drug-likeness (QED) is 0.172. The van der Waals surface area contributed by atoms with Crippen molar-refractivity contribution in [3.63, 3.8) is 0 Å². The number of fused-ring (bicyclic) bond motifs is 7. The van der Waals surface area contributed by atoms with Gasteiger partial charge in [-0.15, -0.1) is 0 Å². The van der Waals surface area contributed by atoms with E-state index in [2.05, 4.69) is 211 Å². The smallest absolute Gasteiger partial charge is 0.0730 e. The third-order valence-electron chi connectivity index (χ3n) is 11.3. The summed E-state index contributed by atoms with van der Waals surface area (Å²) in [6.45, 7) is 0. The van der Waals surface area contributed by atoms with E-state index in [-0.39, 0.29) is 5.92 Å². The highest BCUT2D eigenvalue weighted by molar-refractivity contribution is 6.13. The summed E-state index contributed by atoms with van der Waals surface area (Å²) in [4.78, 5) is 10.6. The molecule has 3 nitrogen and oxygen atoms in total. The maximum Gasteiger partial charge on any atom is 0.0730 e. The first kappa shape index (κ1) is 32.1. The maximum absolute atomic E-state index is 5.28. The summed E-state index contributed by atoms with van der Waals surface area (Å²) in [6.07, 6.45) is 0. The lowest BCUT2D eigenvalue weighted by Gasteiger charge is -2.20. The van der Waals surface area contributed by atoms with Gasteiger partial charge in [-0.05, 0) is 58.1 Å². The fourth-order valence-electron chi connectivity index (χ4n) is 8.76. The van der Waals surface area contributed by atoms with Gasteiger partial charge in [0.05, 0.1) is 39.5 Å². The number of hydrogen-bond acceptors (Lipinski definition) is 2. The van der Waals surface area contributed by atoms with Gasteiger partial charge in [0.1, 0.15) is 0 Å². The molecule has 1 atom stereocenters. The minimum Gasteiger partial charge on any atom is -0.309 e. The van der Waals surface area contributed by atoms with Crippen LogP contribution in [0.1, 0.15) is 22.6 Å². The molecule has 0 aliphatic heterocycles. The monoisotopic (exact) mass is 713 g/mol. The molecule has 0 saturated heterocycles. The molecule has 3 aromatic heterocycles. The second kappa shape index (κ2) is 13.2. The molecule has 3 heteroatoms. The molecular formula is C53H35N3. The SMILES string of the molecule is c1ccc(-c2cc(C3c4ccccc4-c4ccc5c6ccccc6n(-c6cc(-c7ccccc7)nc(-c7ccccc7)c6)c5c43)cc(-c3ccccc3)n2)cc1. The largest absolute Gasteiger partial charge is 0.309 e. The fraction of sp³-hybridized carbons (Fsp3) is 0.0189. The Morgan fingerprint density at radius 1 is 0.375 bits per heavy atom. The van der Waals surface area contributed by atoms with Gasteiger partial charge in [0.2, 0.25) is 0 Å². The third-order valence-corrected chi connectivity index (χ3v) is 11.3. The van der Waals surface area contributed by atoms with Gasteiger partial charge >= 0.3 is 0 Å². The first-order valence-electron chi connectivity index (χ1n) is 19.2. The lowest BCUT2D eigenvalue weighted by atomic mass is 9.87. The van der Waals surface area contributed by atoms with Crippen LogP contribution in [-0.2, 0) is 0 Å². The molecule has 0 saturated carbocycles. The summed E-state index contributed by atoms with van der Waals surface area (Å²) in [6, 6.07) is 73.8. The number of benzene rings is 7. The molecule has 0 fully saturated rings. The van der Waals surface area contributed by atoms with Gasteiger partial charge in [-0.1, -0.05) is 176 Å². The molecule has 0 bridgehead atoms. The molecule has 56 heavy (non-hydrogen) atoms. The van der Waals surface area contributed by atoms with E-state index < -0.39 is 0 Å². The van der Waals surface area contributed by atoms with Gasteiger partial charge in [-0.2, -0.15) is 0 Å². The van der Waals surface area contributed by atoms with Crippen LogP contribution in [0.3, 0.4) is 0 Å². The fourth-order valence-corrected chi connectivity index (χ4v) is 8.76. The molecule has 1 aliphatic carbocycles. The zero-order chi connectivity index (χ0) is 37.0. The molecule has 1 unspecified atom stereocenters. The van der Waals surface area contributed by atoms with Crippen LogP contribution in [0.2, 0.25) is 0 Å². The Morgan fingerprint density at radius 3 is 1.39 bits per heavy atom. The van der Waals surface area contributed by atoms with Crippen LogP contribution < -0.4 is 0 Å². The van der Waals surface area contributed by atoms with Crippen molar-refractivity contribution in [1.82, 2.24) is 14.5 Å². The predicted octanol–water partition coefficient (Wildman–Crippen LogP) is 13.4. The number of pyridine rings is 2. The van der Waals surface area contributed by atoms with Crippen LogP contribution in [0.4, 0.5) is 0 Å². The Bertz CT molecular complexity index is 2940. The van der Waals surface area contributed by atoms with Gasteiger partial charge in [-0.25, -0.2) is 9.97 Å². The molecule has 0 radical (unpaired) electrons. The highest BCUT2D eigenvalue weighted by Crippen LogP contribution is 2.53. The molecule has 1 aliphatic rings. The average Bonchev–Trinajstić information content (AvgIpc) is 3.81. The normalized spacial score (nSPS) is 13.2. The highest BCUT2D eigenvalue weighted by Gasteiger charge is 2.34. The van der Waals surface area contributed by atoms with Gasteiger partial charge in [-0.3, -0.25) is 0 Å². The molecule has 262 valence electrons. The van der Waals surface area contributed by atoms with Crippen molar-refractivity contribution in [3.8, 4) is 61.8 Å². The van der Waals surface area contributed by atoms with Crippen molar-refractivity contribution in [2.24, 2.45) is 0 Å². The minimum atomic E-state index is -0.0371. The van der Waals surface area contributed by atoms with E-state index in [0.29, 0.717) is 0 Å². The molecule has 11 rings (SSSR count). The zero-order valence-electron chi connectivity index (χ0n) is 30.5. The van der Waals surface area contributed by atoms with Gasteiger partial charge < -0.3 is 4.57 Å². The Kier molecular flexibility index (Phi) is 7.56. The van der Waals surface area contributed by atoms with Crippen LogP contribution in [0, 0.1) is 0 Å². The summed E-state index contributed by atoms with van der Waals surface area (Å²) >= 11 is 0. The lowest BCUT2D eigenvalue weighted by Crippen LogP contribution is -2.05. The van der Waals surface area contributed by atoms with Gasteiger partial charge in [0.25, 0.3) is 0 Å². The van der Waals surface area contributed by atoms with Crippen LogP contribution in [0.5, 0.6) is 0 Å². The van der Waals surface area contributed by atoms with Crippen molar-refractivity contribution >= 4 is 21.8 Å². The van der Waals surface area contributed by atoms with Gasteiger partial charge in [0.15, 0.2) is 0 Å². The minimum absolute atomic E-state index is 0.0371. The van der Waals surface area contributed by atoms with E-state index in [9.17, 15) is 0 Å². The van der Waals surface area contributed by atoms with Crippen molar-refractivity contribution in [2.75, 3.05) is 0 Å². The van der Waals surface area contributed by atoms with E-state index in [4.69, 9.17) is 9.97 Å². The summed E-state index contributed by atoms with van der Waals surface area (Å²) < 4.78 is 2.50. The maximum atomic E-state index is 5.28. The first-order valence-corrected chi connectivity index (χ1v) is 19.2. The Morgan fingerprint density at radius 2 is 0.839 bits per heavy atom. The molecule has 10 aromatic rings. The van der Waals surface area contributed by atoms with E-state index >= 15 is 0 Å². The summed E-state index contributed by atoms with van der Waals surface area (Å²) in [5, 5.41) is 2.46. The van der Waals surface area contributed by atoms with Crippen LogP contribution in [-0.4, -0.2) is 14.5 Å². The Hall–Kier alpha value is -7.36. The number of aromatic nitrogens is 3. The zero-order valence-corrected chi connectivity index (χ0v) is 30.5. The Balaban J connectivity index is 1.24. The van der Waals surface area contributed by atoms with E-state index in [1.165, 1.54) is 49.6 Å². The van der Waals surface area contributed by atoms with Crippen LogP contribution in [0.25, 0.3) is 83.6 Å². The van der Waals surface area contributed by atoms with Crippen molar-refractivity contribution in [1.29, 1.82) is 0 Å². The highest BCUT2D eigenvalue weighted by atomic mass is 15.0. The molecule has 0 spiro atoms. The van der Waals surface area contributed by atoms with E-state index in [0.717, 1.165) is 50.7 Å². The molecule has 0 amide bonds. The van der Waals surface area contributed by atoms with Crippen LogP contribution >= 0.6 is 0 Å². The van der Waals surface area contributed by atoms with E-state index in [1.807, 2.05) is 0 Å². The topological polar surface area (TPSA) is 30.7 Å².